The predicted octanol–water partition coefficient (Wildman–Crippen LogP) is 6.05. The number of carbonyl (C=O) groups excluding carboxylic acids is 1. The second kappa shape index (κ2) is 8.42. The first-order chi connectivity index (χ1) is 14.5. The number of rotatable bonds is 5. The minimum atomic E-state index is -0.532. The van der Waals surface area contributed by atoms with Crippen molar-refractivity contribution in [1.29, 1.82) is 0 Å². The van der Waals surface area contributed by atoms with Gasteiger partial charge in [0.15, 0.2) is 5.76 Å². The number of aliphatic hydroxyl groups is 1. The third-order valence-corrected chi connectivity index (χ3v) is 5.77. The summed E-state index contributed by atoms with van der Waals surface area (Å²) >= 11 is 12.5. The second-order valence-electron chi connectivity index (χ2n) is 6.97. The number of hydrogen-bond acceptors (Lipinski definition) is 3. The molecule has 3 aromatic carbocycles. The molecule has 1 amide bonds. The van der Waals surface area contributed by atoms with Gasteiger partial charge in [-0.1, -0.05) is 65.7 Å². The lowest BCUT2D eigenvalue weighted by molar-refractivity contribution is -0.130. The van der Waals surface area contributed by atoms with Gasteiger partial charge in [-0.15, -0.1) is 0 Å². The van der Waals surface area contributed by atoms with Crippen molar-refractivity contribution < 1.29 is 14.6 Å². The number of carbonyl (C=O) groups is 1. The number of nitrogens with zero attached hydrogens (tertiary/aromatic N) is 1. The Labute approximate surface area is 184 Å². The van der Waals surface area contributed by atoms with E-state index in [1.807, 2.05) is 42.5 Å². The van der Waals surface area contributed by atoms with Crippen LogP contribution in [0.4, 0.5) is 0 Å². The highest BCUT2D eigenvalue weighted by molar-refractivity contribution is 6.31. The first-order valence-electron chi connectivity index (χ1n) is 9.37. The first-order valence-corrected chi connectivity index (χ1v) is 10.1. The van der Waals surface area contributed by atoms with E-state index in [2.05, 4.69) is 0 Å². The molecule has 30 heavy (non-hydrogen) atoms. The number of amides is 1. The van der Waals surface area contributed by atoms with E-state index in [1.165, 1.54) is 0 Å². The summed E-state index contributed by atoms with van der Waals surface area (Å²) in [4.78, 5) is 14.7. The summed E-state index contributed by atoms with van der Waals surface area (Å²) < 4.78 is 5.23. The molecule has 0 saturated carbocycles. The zero-order chi connectivity index (χ0) is 21.3. The summed E-state index contributed by atoms with van der Waals surface area (Å²) in [5.74, 6) is -0.0322. The van der Waals surface area contributed by atoms with Gasteiger partial charge in [-0.3, -0.25) is 4.79 Å². The number of methoxy groups -OCH3 is 1. The predicted molar refractivity (Wildman–Crippen MR) is 119 cm³/mol. The summed E-state index contributed by atoms with van der Waals surface area (Å²) in [6.45, 7) is 0.301. The van der Waals surface area contributed by atoms with Crippen LogP contribution in [0.2, 0.25) is 10.0 Å². The van der Waals surface area contributed by atoms with Crippen molar-refractivity contribution in [3.05, 3.63) is 105 Å². The number of aliphatic hydroxyl groups excluding tert-OH is 1. The van der Waals surface area contributed by atoms with E-state index < -0.39 is 11.9 Å². The molecule has 0 aliphatic carbocycles. The standard InChI is InChI=1S/C24H19Cl2NO3/c1-30-18-12-8-16(9-13-18)21-22(19-4-2-3-5-20(19)26)27(24(29)23(21)28)14-15-6-10-17(25)11-7-15/h2-13,22,28H,14H2,1H3. The molecule has 0 bridgehead atoms. The average Bonchev–Trinajstić information content (AvgIpc) is 3.00. The number of ether oxygens (including phenoxy) is 1. The zero-order valence-corrected chi connectivity index (χ0v) is 17.7. The molecule has 1 atom stereocenters. The van der Waals surface area contributed by atoms with Crippen LogP contribution in [0, 0.1) is 0 Å². The monoisotopic (exact) mass is 439 g/mol. The molecule has 4 rings (SSSR count). The lowest BCUT2D eigenvalue weighted by Crippen LogP contribution is -2.30. The lowest BCUT2D eigenvalue weighted by Gasteiger charge is -2.28. The number of benzene rings is 3. The van der Waals surface area contributed by atoms with Crippen molar-refractivity contribution in [2.24, 2.45) is 0 Å². The Kier molecular flexibility index (Phi) is 5.71. The van der Waals surface area contributed by atoms with Crippen LogP contribution in [0.1, 0.15) is 22.7 Å². The van der Waals surface area contributed by atoms with E-state index in [0.29, 0.717) is 27.9 Å². The van der Waals surface area contributed by atoms with Crippen LogP contribution in [-0.2, 0) is 11.3 Å². The maximum absolute atomic E-state index is 13.1. The van der Waals surface area contributed by atoms with Gasteiger partial charge in [0.2, 0.25) is 0 Å². The van der Waals surface area contributed by atoms with Crippen molar-refractivity contribution in [2.75, 3.05) is 7.11 Å². The van der Waals surface area contributed by atoms with Crippen molar-refractivity contribution in [2.45, 2.75) is 12.6 Å². The minimum absolute atomic E-state index is 0.279. The average molecular weight is 440 g/mol. The molecule has 1 N–H and O–H groups in total. The van der Waals surface area contributed by atoms with Crippen molar-refractivity contribution in [3.8, 4) is 5.75 Å². The van der Waals surface area contributed by atoms with Gasteiger partial charge in [0.1, 0.15) is 5.75 Å². The maximum Gasteiger partial charge on any atom is 0.290 e. The molecule has 0 aromatic heterocycles. The van der Waals surface area contributed by atoms with Gasteiger partial charge in [0.05, 0.1) is 13.2 Å². The third kappa shape index (κ3) is 3.76. The Hall–Kier alpha value is -2.95. The molecule has 152 valence electrons. The van der Waals surface area contributed by atoms with Crippen molar-refractivity contribution in [3.63, 3.8) is 0 Å². The van der Waals surface area contributed by atoms with Crippen LogP contribution >= 0.6 is 23.2 Å². The zero-order valence-electron chi connectivity index (χ0n) is 16.2. The molecule has 4 nitrogen and oxygen atoms in total. The Morgan fingerprint density at radius 1 is 0.967 bits per heavy atom. The Morgan fingerprint density at radius 2 is 1.63 bits per heavy atom. The van der Waals surface area contributed by atoms with E-state index in [4.69, 9.17) is 27.9 Å². The summed E-state index contributed by atoms with van der Waals surface area (Å²) in [5, 5.41) is 12.0. The summed E-state index contributed by atoms with van der Waals surface area (Å²) in [5.41, 5.74) is 2.89. The van der Waals surface area contributed by atoms with Gasteiger partial charge < -0.3 is 14.7 Å². The highest BCUT2D eigenvalue weighted by Crippen LogP contribution is 2.45. The maximum atomic E-state index is 13.1. The van der Waals surface area contributed by atoms with Gasteiger partial charge in [-0.05, 0) is 47.0 Å². The van der Waals surface area contributed by atoms with Crippen LogP contribution in [-0.4, -0.2) is 23.0 Å². The molecule has 1 unspecified atom stereocenters. The van der Waals surface area contributed by atoms with Crippen LogP contribution in [0.15, 0.2) is 78.6 Å². The fourth-order valence-corrected chi connectivity index (χ4v) is 4.05. The van der Waals surface area contributed by atoms with Crippen LogP contribution in [0.25, 0.3) is 5.57 Å². The normalized spacial score (nSPS) is 16.3. The highest BCUT2D eigenvalue weighted by Gasteiger charge is 2.41. The fraction of sp³-hybridized carbons (Fsp3) is 0.125. The van der Waals surface area contributed by atoms with E-state index in [0.717, 1.165) is 16.7 Å². The minimum Gasteiger partial charge on any atom is -0.503 e. The molecule has 0 saturated heterocycles. The van der Waals surface area contributed by atoms with Crippen LogP contribution < -0.4 is 4.74 Å². The molecular formula is C24H19Cl2NO3. The Bertz CT molecular complexity index is 1110. The molecule has 1 heterocycles. The molecule has 0 radical (unpaired) electrons. The molecule has 0 spiro atoms. The van der Waals surface area contributed by atoms with Gasteiger partial charge >= 0.3 is 0 Å². The summed E-state index contributed by atoms with van der Waals surface area (Å²) in [6.07, 6.45) is 0. The van der Waals surface area contributed by atoms with Crippen LogP contribution in [0.3, 0.4) is 0 Å². The largest absolute Gasteiger partial charge is 0.503 e. The smallest absolute Gasteiger partial charge is 0.290 e. The summed E-state index contributed by atoms with van der Waals surface area (Å²) in [6, 6.07) is 21.4. The molecule has 1 aliphatic rings. The Morgan fingerprint density at radius 3 is 2.27 bits per heavy atom. The highest BCUT2D eigenvalue weighted by atomic mass is 35.5. The molecule has 6 heteroatoms. The van der Waals surface area contributed by atoms with Gasteiger partial charge in [-0.2, -0.15) is 0 Å². The molecule has 1 aliphatic heterocycles. The van der Waals surface area contributed by atoms with Gasteiger partial charge in [0.25, 0.3) is 5.91 Å². The Balaban J connectivity index is 1.81. The fourth-order valence-electron chi connectivity index (χ4n) is 3.69. The first kappa shape index (κ1) is 20.3. The second-order valence-corrected chi connectivity index (χ2v) is 7.82. The van der Waals surface area contributed by atoms with E-state index in [1.54, 1.807) is 42.3 Å². The van der Waals surface area contributed by atoms with Crippen molar-refractivity contribution in [1.82, 2.24) is 4.90 Å². The third-order valence-electron chi connectivity index (χ3n) is 5.17. The van der Waals surface area contributed by atoms with Crippen molar-refractivity contribution >= 4 is 34.7 Å². The molecule has 0 fully saturated rings. The quantitative estimate of drug-likeness (QED) is 0.525. The van der Waals surface area contributed by atoms with Gasteiger partial charge in [0, 0.05) is 22.2 Å². The van der Waals surface area contributed by atoms with E-state index >= 15 is 0 Å². The number of halogens is 2. The topological polar surface area (TPSA) is 49.8 Å². The number of hydrogen-bond donors (Lipinski definition) is 1. The molecule has 3 aromatic rings. The van der Waals surface area contributed by atoms with Gasteiger partial charge in [-0.25, -0.2) is 0 Å². The van der Waals surface area contributed by atoms with Crippen LogP contribution in [0.5, 0.6) is 5.75 Å². The SMILES string of the molecule is COc1ccc(C2=C(O)C(=O)N(Cc3ccc(Cl)cc3)C2c2ccccc2Cl)cc1. The summed E-state index contributed by atoms with van der Waals surface area (Å²) in [7, 11) is 1.59. The molecular weight excluding hydrogens is 421 g/mol. The van der Waals surface area contributed by atoms with E-state index in [9.17, 15) is 9.90 Å². The lowest BCUT2D eigenvalue weighted by atomic mass is 9.93. The van der Waals surface area contributed by atoms with E-state index in [-0.39, 0.29) is 5.76 Å².